The van der Waals surface area contributed by atoms with Gasteiger partial charge in [0, 0.05) is 11.9 Å². The summed E-state index contributed by atoms with van der Waals surface area (Å²) in [7, 11) is -3.35. The first kappa shape index (κ1) is 13.7. The van der Waals surface area contributed by atoms with Gasteiger partial charge in [-0.2, -0.15) is 0 Å². The third-order valence-corrected chi connectivity index (χ3v) is 4.14. The van der Waals surface area contributed by atoms with Gasteiger partial charge in [-0.25, -0.2) is 8.42 Å². The summed E-state index contributed by atoms with van der Waals surface area (Å²) in [4.78, 5) is 11.6. The summed E-state index contributed by atoms with van der Waals surface area (Å²) < 4.78 is 22.4. The van der Waals surface area contributed by atoms with E-state index in [-0.39, 0.29) is 0 Å². The number of anilines is 1. The average Bonchev–Trinajstić information content (AvgIpc) is 2.27. The van der Waals surface area contributed by atoms with Crippen molar-refractivity contribution in [3.63, 3.8) is 0 Å². The standard InChI is InChI=1S/C12H17NO3S/c1-4-10-5-7-11(8-6-10)13-12(14)9(2)17(3,15)16/h5-9H,4H2,1-3H3,(H,13,14)/t9-/m0/s1. The van der Waals surface area contributed by atoms with Crippen molar-refractivity contribution in [3.8, 4) is 0 Å². The lowest BCUT2D eigenvalue weighted by atomic mass is 10.1. The zero-order valence-electron chi connectivity index (χ0n) is 10.2. The van der Waals surface area contributed by atoms with Crippen molar-refractivity contribution >= 4 is 21.4 Å². The fourth-order valence-corrected chi connectivity index (χ4v) is 1.71. The summed E-state index contributed by atoms with van der Waals surface area (Å²) in [6.07, 6.45) is 1.98. The van der Waals surface area contributed by atoms with Crippen molar-refractivity contribution in [1.29, 1.82) is 0 Å². The smallest absolute Gasteiger partial charge is 0.242 e. The number of nitrogens with one attached hydrogen (secondary N) is 1. The Balaban J connectivity index is 2.74. The normalized spacial score (nSPS) is 13.1. The van der Waals surface area contributed by atoms with Crippen molar-refractivity contribution in [2.75, 3.05) is 11.6 Å². The van der Waals surface area contributed by atoms with E-state index in [0.29, 0.717) is 5.69 Å². The molecule has 0 radical (unpaired) electrons. The van der Waals surface area contributed by atoms with Crippen LogP contribution in [0.2, 0.25) is 0 Å². The second-order valence-corrected chi connectivity index (χ2v) is 6.38. The molecule has 0 fully saturated rings. The summed E-state index contributed by atoms with van der Waals surface area (Å²) in [6, 6.07) is 7.35. The molecule has 4 nitrogen and oxygen atoms in total. The van der Waals surface area contributed by atoms with E-state index in [1.807, 2.05) is 19.1 Å². The quantitative estimate of drug-likeness (QED) is 0.889. The maximum absolute atomic E-state index is 11.6. The van der Waals surface area contributed by atoms with Crippen LogP contribution in [-0.2, 0) is 21.1 Å². The fraction of sp³-hybridized carbons (Fsp3) is 0.417. The minimum Gasteiger partial charge on any atom is -0.325 e. The molecule has 1 aromatic rings. The van der Waals surface area contributed by atoms with Gasteiger partial charge in [0.1, 0.15) is 5.25 Å². The van der Waals surface area contributed by atoms with Crippen LogP contribution in [0.1, 0.15) is 19.4 Å². The third kappa shape index (κ3) is 3.85. The first-order chi connectivity index (χ1) is 7.84. The molecule has 1 aromatic carbocycles. The van der Waals surface area contributed by atoms with E-state index >= 15 is 0 Å². The van der Waals surface area contributed by atoms with Crippen LogP contribution >= 0.6 is 0 Å². The topological polar surface area (TPSA) is 63.2 Å². The molecule has 0 unspecified atom stereocenters. The first-order valence-electron chi connectivity index (χ1n) is 5.43. The summed E-state index contributed by atoms with van der Waals surface area (Å²) in [5.74, 6) is -0.503. The Kier molecular flexibility index (Phi) is 4.28. The molecule has 0 heterocycles. The molecule has 0 saturated carbocycles. The molecule has 0 saturated heterocycles. The number of hydrogen-bond acceptors (Lipinski definition) is 3. The number of amides is 1. The largest absolute Gasteiger partial charge is 0.325 e. The Labute approximate surface area is 102 Å². The van der Waals surface area contributed by atoms with Crippen LogP contribution in [0.5, 0.6) is 0 Å². The van der Waals surface area contributed by atoms with Crippen LogP contribution < -0.4 is 5.32 Å². The van der Waals surface area contributed by atoms with Crippen molar-refractivity contribution < 1.29 is 13.2 Å². The van der Waals surface area contributed by atoms with Crippen LogP contribution in [0.15, 0.2) is 24.3 Å². The van der Waals surface area contributed by atoms with E-state index in [9.17, 15) is 13.2 Å². The molecule has 0 aliphatic heterocycles. The number of hydrogen-bond donors (Lipinski definition) is 1. The molecule has 0 aromatic heterocycles. The lowest BCUT2D eigenvalue weighted by Gasteiger charge is -2.10. The SMILES string of the molecule is CCc1ccc(NC(=O)[C@H](C)S(C)(=O)=O)cc1. The number of carbonyl (C=O) groups excluding carboxylic acids is 1. The predicted molar refractivity (Wildman–Crippen MR) is 68.8 cm³/mol. The van der Waals surface area contributed by atoms with E-state index in [0.717, 1.165) is 12.7 Å². The third-order valence-electron chi connectivity index (χ3n) is 2.64. The van der Waals surface area contributed by atoms with Gasteiger partial charge < -0.3 is 5.32 Å². The summed E-state index contributed by atoms with van der Waals surface area (Å²) in [5.41, 5.74) is 1.78. The molecule has 1 rings (SSSR count). The Morgan fingerprint density at radius 3 is 2.24 bits per heavy atom. The zero-order chi connectivity index (χ0) is 13.1. The number of aryl methyl sites for hydroxylation is 1. The Hall–Kier alpha value is -1.36. The van der Waals surface area contributed by atoms with Crippen LogP contribution in [0.4, 0.5) is 5.69 Å². The summed E-state index contributed by atoms with van der Waals surface area (Å²) in [6.45, 7) is 3.42. The molecular weight excluding hydrogens is 238 g/mol. The molecular formula is C12H17NO3S. The fourth-order valence-electron chi connectivity index (χ4n) is 1.26. The van der Waals surface area contributed by atoms with Gasteiger partial charge in [0.15, 0.2) is 9.84 Å². The van der Waals surface area contributed by atoms with E-state index < -0.39 is 21.0 Å². The summed E-state index contributed by atoms with van der Waals surface area (Å²) in [5, 5.41) is 1.55. The van der Waals surface area contributed by atoms with E-state index in [2.05, 4.69) is 5.32 Å². The summed E-state index contributed by atoms with van der Waals surface area (Å²) >= 11 is 0. The number of benzene rings is 1. The predicted octanol–water partition coefficient (Wildman–Crippen LogP) is 1.62. The molecule has 1 N–H and O–H groups in total. The Bertz CT molecular complexity index is 491. The second-order valence-electron chi connectivity index (χ2n) is 4.01. The highest BCUT2D eigenvalue weighted by atomic mass is 32.2. The molecule has 1 atom stereocenters. The maximum atomic E-state index is 11.6. The van der Waals surface area contributed by atoms with Crippen molar-refractivity contribution in [1.82, 2.24) is 0 Å². The lowest BCUT2D eigenvalue weighted by Crippen LogP contribution is -2.31. The van der Waals surface area contributed by atoms with Gasteiger partial charge >= 0.3 is 0 Å². The van der Waals surface area contributed by atoms with E-state index in [1.165, 1.54) is 12.5 Å². The van der Waals surface area contributed by atoms with E-state index in [4.69, 9.17) is 0 Å². The van der Waals surface area contributed by atoms with Crippen LogP contribution in [0.25, 0.3) is 0 Å². The van der Waals surface area contributed by atoms with Crippen molar-refractivity contribution in [2.24, 2.45) is 0 Å². The van der Waals surface area contributed by atoms with Gasteiger partial charge in [0.25, 0.3) is 0 Å². The highest BCUT2D eigenvalue weighted by Gasteiger charge is 2.23. The highest BCUT2D eigenvalue weighted by Crippen LogP contribution is 2.11. The highest BCUT2D eigenvalue weighted by molar-refractivity contribution is 7.92. The molecule has 17 heavy (non-hydrogen) atoms. The molecule has 0 aliphatic rings. The molecule has 0 spiro atoms. The average molecular weight is 255 g/mol. The van der Waals surface area contributed by atoms with Crippen LogP contribution in [-0.4, -0.2) is 25.8 Å². The minimum absolute atomic E-state index is 0.503. The maximum Gasteiger partial charge on any atom is 0.242 e. The second kappa shape index (κ2) is 5.31. The number of carbonyl (C=O) groups is 1. The van der Waals surface area contributed by atoms with Crippen molar-refractivity contribution in [2.45, 2.75) is 25.5 Å². The van der Waals surface area contributed by atoms with Gasteiger partial charge in [0.05, 0.1) is 0 Å². The molecule has 94 valence electrons. The molecule has 0 bridgehead atoms. The Morgan fingerprint density at radius 2 is 1.82 bits per heavy atom. The van der Waals surface area contributed by atoms with Crippen LogP contribution in [0, 0.1) is 0 Å². The number of sulfone groups is 1. The monoisotopic (exact) mass is 255 g/mol. The van der Waals surface area contributed by atoms with Crippen LogP contribution in [0.3, 0.4) is 0 Å². The number of rotatable bonds is 4. The van der Waals surface area contributed by atoms with E-state index in [1.54, 1.807) is 12.1 Å². The molecule has 5 heteroatoms. The zero-order valence-corrected chi connectivity index (χ0v) is 11.0. The first-order valence-corrected chi connectivity index (χ1v) is 7.38. The van der Waals surface area contributed by atoms with Gasteiger partial charge in [-0.05, 0) is 31.0 Å². The van der Waals surface area contributed by atoms with Gasteiger partial charge in [0.2, 0.25) is 5.91 Å². The van der Waals surface area contributed by atoms with Crippen molar-refractivity contribution in [3.05, 3.63) is 29.8 Å². The molecule has 1 amide bonds. The lowest BCUT2D eigenvalue weighted by molar-refractivity contribution is -0.115. The van der Waals surface area contributed by atoms with Gasteiger partial charge in [-0.15, -0.1) is 0 Å². The molecule has 0 aliphatic carbocycles. The minimum atomic E-state index is -3.35. The van der Waals surface area contributed by atoms with Gasteiger partial charge in [-0.3, -0.25) is 4.79 Å². The Morgan fingerprint density at radius 1 is 1.29 bits per heavy atom. The van der Waals surface area contributed by atoms with Gasteiger partial charge in [-0.1, -0.05) is 19.1 Å².